The molecule has 1 unspecified atom stereocenters. The topological polar surface area (TPSA) is 54.5 Å². The van der Waals surface area contributed by atoms with Gasteiger partial charge in [-0.05, 0) is 19.8 Å². The molecular formula is C13H19N3O2S. The van der Waals surface area contributed by atoms with Crippen LogP contribution >= 0.6 is 11.3 Å². The Kier molecular flexibility index (Phi) is 3.81. The van der Waals surface area contributed by atoms with Crippen molar-refractivity contribution in [1.82, 2.24) is 15.2 Å². The van der Waals surface area contributed by atoms with E-state index in [1.54, 1.807) is 11.3 Å². The van der Waals surface area contributed by atoms with Crippen molar-refractivity contribution in [3.8, 4) is 0 Å². The van der Waals surface area contributed by atoms with Crippen molar-refractivity contribution in [3.63, 3.8) is 0 Å². The Morgan fingerprint density at radius 3 is 3.26 bits per heavy atom. The summed E-state index contributed by atoms with van der Waals surface area (Å²) in [7, 11) is 0. The number of nitrogens with zero attached hydrogens (tertiary/aromatic N) is 2. The van der Waals surface area contributed by atoms with Crippen molar-refractivity contribution in [2.75, 3.05) is 26.2 Å². The van der Waals surface area contributed by atoms with E-state index in [1.165, 1.54) is 0 Å². The SMILES string of the molecule is C[C@@H]1CN(C(=O)c2csc(C3CCCO3)n2)CCN1. The number of piperazine rings is 1. The molecule has 5 nitrogen and oxygen atoms in total. The number of hydrogen-bond acceptors (Lipinski definition) is 5. The van der Waals surface area contributed by atoms with Gasteiger partial charge in [0, 0.05) is 37.7 Å². The zero-order chi connectivity index (χ0) is 13.2. The summed E-state index contributed by atoms with van der Waals surface area (Å²) in [6, 6.07) is 0.356. The highest BCUT2D eigenvalue weighted by Crippen LogP contribution is 2.30. The summed E-state index contributed by atoms with van der Waals surface area (Å²) in [5.41, 5.74) is 0.574. The van der Waals surface area contributed by atoms with E-state index in [4.69, 9.17) is 4.74 Å². The van der Waals surface area contributed by atoms with E-state index in [0.717, 1.165) is 44.1 Å². The van der Waals surface area contributed by atoms with Gasteiger partial charge >= 0.3 is 0 Å². The van der Waals surface area contributed by atoms with Crippen molar-refractivity contribution < 1.29 is 9.53 Å². The molecule has 19 heavy (non-hydrogen) atoms. The molecule has 0 radical (unpaired) electrons. The van der Waals surface area contributed by atoms with Gasteiger partial charge in [0.15, 0.2) is 0 Å². The van der Waals surface area contributed by atoms with Crippen LogP contribution in [0, 0.1) is 0 Å². The molecule has 1 aromatic rings. The minimum atomic E-state index is 0.0499. The number of rotatable bonds is 2. The molecular weight excluding hydrogens is 262 g/mol. The highest BCUT2D eigenvalue weighted by Gasteiger charge is 2.26. The first-order valence-corrected chi connectivity index (χ1v) is 7.71. The normalized spacial score (nSPS) is 27.7. The average molecular weight is 281 g/mol. The predicted octanol–water partition coefficient (Wildman–Crippen LogP) is 1.43. The summed E-state index contributed by atoms with van der Waals surface area (Å²) < 4.78 is 5.61. The lowest BCUT2D eigenvalue weighted by molar-refractivity contribution is 0.0702. The highest BCUT2D eigenvalue weighted by atomic mass is 32.1. The standard InChI is InChI=1S/C13H19N3O2S/c1-9-7-16(5-4-14-9)13(17)10-8-19-12(15-10)11-3-2-6-18-11/h8-9,11,14H,2-7H2,1H3/t9-,11?/m1/s1. The molecule has 3 heterocycles. The van der Waals surface area contributed by atoms with Crippen LogP contribution in [-0.2, 0) is 4.74 Å². The summed E-state index contributed by atoms with van der Waals surface area (Å²) in [6.07, 6.45) is 2.21. The van der Waals surface area contributed by atoms with Crippen molar-refractivity contribution in [2.24, 2.45) is 0 Å². The van der Waals surface area contributed by atoms with Crippen LogP contribution in [0.4, 0.5) is 0 Å². The molecule has 6 heteroatoms. The van der Waals surface area contributed by atoms with Crippen LogP contribution in [0.25, 0.3) is 0 Å². The summed E-state index contributed by atoms with van der Waals surface area (Å²) in [6.45, 7) is 5.28. The number of nitrogens with one attached hydrogen (secondary N) is 1. The monoisotopic (exact) mass is 281 g/mol. The van der Waals surface area contributed by atoms with Crippen LogP contribution in [0.1, 0.15) is 41.4 Å². The van der Waals surface area contributed by atoms with Crippen LogP contribution in [0.15, 0.2) is 5.38 Å². The number of carbonyl (C=O) groups excluding carboxylic acids is 1. The van der Waals surface area contributed by atoms with Gasteiger partial charge in [-0.15, -0.1) is 11.3 Å². The van der Waals surface area contributed by atoms with Gasteiger partial charge in [0.05, 0.1) is 0 Å². The Morgan fingerprint density at radius 2 is 2.53 bits per heavy atom. The number of aromatic nitrogens is 1. The molecule has 0 spiro atoms. The van der Waals surface area contributed by atoms with Crippen molar-refractivity contribution in [1.29, 1.82) is 0 Å². The van der Waals surface area contributed by atoms with Crippen LogP contribution in [0.2, 0.25) is 0 Å². The summed E-state index contributed by atoms with van der Waals surface area (Å²) in [5.74, 6) is 0.0499. The van der Waals surface area contributed by atoms with E-state index in [0.29, 0.717) is 11.7 Å². The smallest absolute Gasteiger partial charge is 0.273 e. The highest BCUT2D eigenvalue weighted by molar-refractivity contribution is 7.09. The van der Waals surface area contributed by atoms with Gasteiger partial charge in [-0.25, -0.2) is 4.98 Å². The third-order valence-corrected chi connectivity index (χ3v) is 4.54. The first kappa shape index (κ1) is 13.0. The summed E-state index contributed by atoms with van der Waals surface area (Å²) >= 11 is 1.54. The molecule has 2 aliphatic heterocycles. The minimum absolute atomic E-state index is 0.0499. The lowest BCUT2D eigenvalue weighted by atomic mass is 10.2. The molecule has 104 valence electrons. The van der Waals surface area contributed by atoms with Gasteiger partial charge in [0.2, 0.25) is 0 Å². The number of carbonyl (C=O) groups is 1. The van der Waals surface area contributed by atoms with Crippen molar-refractivity contribution in [2.45, 2.75) is 31.9 Å². The van der Waals surface area contributed by atoms with Gasteiger partial charge < -0.3 is 15.0 Å². The summed E-state index contributed by atoms with van der Waals surface area (Å²) in [4.78, 5) is 18.7. The second-order valence-corrected chi connectivity index (χ2v) is 6.07. The Labute approximate surface area is 117 Å². The molecule has 3 rings (SSSR count). The Morgan fingerprint density at radius 1 is 1.63 bits per heavy atom. The number of amides is 1. The van der Waals surface area contributed by atoms with Crippen LogP contribution in [0.5, 0.6) is 0 Å². The Balaban J connectivity index is 1.69. The van der Waals surface area contributed by atoms with E-state index in [1.807, 2.05) is 10.3 Å². The zero-order valence-corrected chi connectivity index (χ0v) is 11.9. The maximum Gasteiger partial charge on any atom is 0.273 e. The Hall–Kier alpha value is -0.980. The quantitative estimate of drug-likeness (QED) is 0.891. The first-order valence-electron chi connectivity index (χ1n) is 6.84. The molecule has 0 aromatic carbocycles. The largest absolute Gasteiger partial charge is 0.371 e. The maximum absolute atomic E-state index is 12.4. The zero-order valence-electron chi connectivity index (χ0n) is 11.1. The van der Waals surface area contributed by atoms with E-state index < -0.39 is 0 Å². The number of hydrogen-bond donors (Lipinski definition) is 1. The number of ether oxygens (including phenoxy) is 1. The fourth-order valence-electron chi connectivity index (χ4n) is 2.58. The molecule has 0 bridgehead atoms. The first-order chi connectivity index (χ1) is 9.24. The van der Waals surface area contributed by atoms with Crippen molar-refractivity contribution in [3.05, 3.63) is 16.1 Å². The van der Waals surface area contributed by atoms with Gasteiger partial charge in [0.1, 0.15) is 16.8 Å². The van der Waals surface area contributed by atoms with Gasteiger partial charge in [-0.3, -0.25) is 4.79 Å². The lowest BCUT2D eigenvalue weighted by Gasteiger charge is -2.31. The molecule has 0 saturated carbocycles. The van der Waals surface area contributed by atoms with Gasteiger partial charge in [-0.1, -0.05) is 0 Å². The molecule has 0 aliphatic carbocycles. The fraction of sp³-hybridized carbons (Fsp3) is 0.692. The van der Waals surface area contributed by atoms with Crippen LogP contribution < -0.4 is 5.32 Å². The molecule has 2 aliphatic rings. The molecule has 1 aromatic heterocycles. The fourth-order valence-corrected chi connectivity index (χ4v) is 3.46. The van der Waals surface area contributed by atoms with E-state index in [2.05, 4.69) is 17.2 Å². The molecule has 1 N–H and O–H groups in total. The van der Waals surface area contributed by atoms with Crippen molar-refractivity contribution >= 4 is 17.2 Å². The Bertz CT molecular complexity index is 456. The molecule has 2 saturated heterocycles. The van der Waals surface area contributed by atoms with E-state index in [9.17, 15) is 4.79 Å². The number of thiazole rings is 1. The third-order valence-electron chi connectivity index (χ3n) is 3.60. The van der Waals surface area contributed by atoms with Gasteiger partial charge in [-0.2, -0.15) is 0 Å². The second kappa shape index (κ2) is 5.56. The maximum atomic E-state index is 12.4. The van der Waals surface area contributed by atoms with Crippen LogP contribution in [0.3, 0.4) is 0 Å². The lowest BCUT2D eigenvalue weighted by Crippen LogP contribution is -2.51. The van der Waals surface area contributed by atoms with Crippen LogP contribution in [-0.4, -0.2) is 48.1 Å². The summed E-state index contributed by atoms with van der Waals surface area (Å²) in [5, 5.41) is 6.15. The van der Waals surface area contributed by atoms with E-state index >= 15 is 0 Å². The second-order valence-electron chi connectivity index (χ2n) is 5.18. The molecule has 2 fully saturated rings. The minimum Gasteiger partial charge on any atom is -0.371 e. The molecule has 2 atom stereocenters. The average Bonchev–Trinajstić information content (AvgIpc) is 3.08. The van der Waals surface area contributed by atoms with E-state index in [-0.39, 0.29) is 12.0 Å². The molecule has 1 amide bonds. The third kappa shape index (κ3) is 2.80. The predicted molar refractivity (Wildman–Crippen MR) is 73.4 cm³/mol. The van der Waals surface area contributed by atoms with Gasteiger partial charge in [0.25, 0.3) is 5.91 Å².